The Bertz CT molecular complexity index is 415. The molecular formula is C10H11ClN2O2S. The fourth-order valence-electron chi connectivity index (χ4n) is 0.913. The van der Waals surface area contributed by atoms with Crippen molar-refractivity contribution < 1.29 is 9.59 Å². The Kier molecular flexibility index (Phi) is 5.01. The van der Waals surface area contributed by atoms with Crippen LogP contribution in [0.3, 0.4) is 0 Å². The van der Waals surface area contributed by atoms with Crippen molar-refractivity contribution in [2.45, 2.75) is 6.92 Å². The van der Waals surface area contributed by atoms with Crippen LogP contribution in [0.15, 0.2) is 17.5 Å². The van der Waals surface area contributed by atoms with Crippen molar-refractivity contribution >= 4 is 40.8 Å². The maximum absolute atomic E-state index is 11.2. The highest BCUT2D eigenvalue weighted by Crippen LogP contribution is 2.16. The van der Waals surface area contributed by atoms with Gasteiger partial charge in [0.1, 0.15) is 5.88 Å². The number of carbonyl (C=O) groups is 2. The molecule has 0 aliphatic carbocycles. The first-order chi connectivity index (χ1) is 7.63. The molecule has 0 fully saturated rings. The first-order valence-corrected chi connectivity index (χ1v) is 5.92. The second kappa shape index (κ2) is 6.30. The number of alkyl halides is 1. The number of carbonyl (C=O) groups excluding carboxylic acids is 2. The van der Waals surface area contributed by atoms with E-state index in [1.807, 2.05) is 18.4 Å². The van der Waals surface area contributed by atoms with Crippen LogP contribution in [0.5, 0.6) is 0 Å². The molecule has 6 heteroatoms. The Morgan fingerprint density at radius 2 is 2.25 bits per heavy atom. The van der Waals surface area contributed by atoms with Gasteiger partial charge in [-0.15, -0.1) is 22.9 Å². The van der Waals surface area contributed by atoms with Gasteiger partial charge in [0.15, 0.2) is 0 Å². The summed E-state index contributed by atoms with van der Waals surface area (Å²) < 4.78 is 0. The lowest BCUT2D eigenvalue weighted by molar-refractivity contribution is -0.125. The average Bonchev–Trinajstić information content (AvgIpc) is 2.69. The van der Waals surface area contributed by atoms with E-state index in [0.717, 1.165) is 10.4 Å². The van der Waals surface area contributed by atoms with E-state index in [9.17, 15) is 9.59 Å². The van der Waals surface area contributed by atoms with Crippen LogP contribution in [0.2, 0.25) is 0 Å². The molecule has 1 heterocycles. The van der Waals surface area contributed by atoms with Gasteiger partial charge in [-0.2, -0.15) is 0 Å². The third-order valence-corrected chi connectivity index (χ3v) is 2.96. The first kappa shape index (κ1) is 12.7. The van der Waals surface area contributed by atoms with Gasteiger partial charge >= 0.3 is 0 Å². The number of hydrazine groups is 1. The molecule has 1 aromatic heterocycles. The molecule has 0 unspecified atom stereocenters. The monoisotopic (exact) mass is 258 g/mol. The molecule has 86 valence electrons. The maximum Gasteiger partial charge on any atom is 0.262 e. The van der Waals surface area contributed by atoms with Gasteiger partial charge in [0.05, 0.1) is 0 Å². The second-order valence-electron chi connectivity index (χ2n) is 2.97. The van der Waals surface area contributed by atoms with Crippen molar-refractivity contribution in [2.24, 2.45) is 0 Å². The molecule has 0 saturated carbocycles. The van der Waals surface area contributed by atoms with E-state index in [0.29, 0.717) is 0 Å². The van der Waals surface area contributed by atoms with Gasteiger partial charge in [-0.05, 0) is 30.0 Å². The number of hydrogen-bond acceptors (Lipinski definition) is 3. The Morgan fingerprint density at radius 1 is 1.50 bits per heavy atom. The van der Waals surface area contributed by atoms with E-state index < -0.39 is 11.8 Å². The van der Waals surface area contributed by atoms with Gasteiger partial charge in [0.25, 0.3) is 11.8 Å². The number of halogens is 1. The molecule has 0 aliphatic rings. The van der Waals surface area contributed by atoms with Crippen molar-refractivity contribution in [1.82, 2.24) is 10.9 Å². The van der Waals surface area contributed by atoms with E-state index in [2.05, 4.69) is 10.9 Å². The van der Waals surface area contributed by atoms with Crippen LogP contribution in [0.25, 0.3) is 6.08 Å². The molecule has 1 rings (SSSR count). The third kappa shape index (κ3) is 4.04. The van der Waals surface area contributed by atoms with Gasteiger partial charge in [0.2, 0.25) is 0 Å². The van der Waals surface area contributed by atoms with E-state index >= 15 is 0 Å². The van der Waals surface area contributed by atoms with Crippen molar-refractivity contribution in [3.8, 4) is 0 Å². The zero-order valence-electron chi connectivity index (χ0n) is 8.62. The summed E-state index contributed by atoms with van der Waals surface area (Å²) in [6, 6.07) is 1.97. The number of nitrogens with one attached hydrogen (secondary N) is 2. The summed E-state index contributed by atoms with van der Waals surface area (Å²) in [4.78, 5) is 23.0. The Balaban J connectivity index is 2.43. The predicted molar refractivity (Wildman–Crippen MR) is 65.1 cm³/mol. The number of hydrogen-bond donors (Lipinski definition) is 2. The zero-order chi connectivity index (χ0) is 12.0. The highest BCUT2D eigenvalue weighted by molar-refractivity contribution is 7.11. The lowest BCUT2D eigenvalue weighted by atomic mass is 10.3. The summed E-state index contributed by atoms with van der Waals surface area (Å²) in [5.74, 6) is -1.03. The maximum atomic E-state index is 11.2. The molecule has 16 heavy (non-hydrogen) atoms. The number of aryl methyl sites for hydroxylation is 1. The Labute approximate surface area is 102 Å². The van der Waals surface area contributed by atoms with Crippen LogP contribution in [-0.2, 0) is 9.59 Å². The number of rotatable bonds is 3. The van der Waals surface area contributed by atoms with E-state index in [4.69, 9.17) is 11.6 Å². The lowest BCUT2D eigenvalue weighted by Crippen LogP contribution is -2.41. The van der Waals surface area contributed by atoms with Crippen LogP contribution < -0.4 is 10.9 Å². The predicted octanol–water partition coefficient (Wildman–Crippen LogP) is 1.46. The summed E-state index contributed by atoms with van der Waals surface area (Å²) in [5.41, 5.74) is 5.48. The lowest BCUT2D eigenvalue weighted by Gasteiger charge is -2.01. The van der Waals surface area contributed by atoms with Crippen molar-refractivity contribution in [3.05, 3.63) is 28.0 Å². The highest BCUT2D eigenvalue weighted by atomic mass is 35.5. The Hall–Kier alpha value is -1.33. The summed E-state index contributed by atoms with van der Waals surface area (Å²) in [6.45, 7) is 1.96. The molecule has 0 aliphatic heterocycles. The summed E-state index contributed by atoms with van der Waals surface area (Å²) in [5, 5.41) is 1.95. The van der Waals surface area contributed by atoms with Crippen molar-refractivity contribution in [2.75, 3.05) is 5.88 Å². The smallest absolute Gasteiger partial charge is 0.262 e. The standard InChI is InChI=1S/C10H11ClN2O2S/c1-7-4-5-16-8(7)2-3-9(14)12-13-10(15)6-11/h2-5H,6H2,1H3,(H,12,14)(H,13,15)/b3-2+. The van der Waals surface area contributed by atoms with Crippen molar-refractivity contribution in [1.29, 1.82) is 0 Å². The highest BCUT2D eigenvalue weighted by Gasteiger charge is 2.00. The quantitative estimate of drug-likeness (QED) is 0.490. The van der Waals surface area contributed by atoms with Crippen LogP contribution >= 0.6 is 22.9 Å². The second-order valence-corrected chi connectivity index (χ2v) is 4.19. The molecule has 4 nitrogen and oxygen atoms in total. The topological polar surface area (TPSA) is 58.2 Å². The van der Waals surface area contributed by atoms with E-state index in [-0.39, 0.29) is 5.88 Å². The molecule has 0 spiro atoms. The van der Waals surface area contributed by atoms with E-state index in [1.54, 1.807) is 17.4 Å². The molecule has 0 saturated heterocycles. The molecule has 0 aromatic carbocycles. The van der Waals surface area contributed by atoms with Crippen LogP contribution in [0.4, 0.5) is 0 Å². The van der Waals surface area contributed by atoms with Gasteiger partial charge in [-0.3, -0.25) is 20.4 Å². The van der Waals surface area contributed by atoms with Gasteiger partial charge in [0, 0.05) is 11.0 Å². The molecule has 2 N–H and O–H groups in total. The van der Waals surface area contributed by atoms with Crippen LogP contribution in [0.1, 0.15) is 10.4 Å². The minimum Gasteiger partial charge on any atom is -0.272 e. The summed E-state index contributed by atoms with van der Waals surface area (Å²) in [6.07, 6.45) is 3.05. The van der Waals surface area contributed by atoms with E-state index in [1.165, 1.54) is 6.08 Å². The normalized spacial score (nSPS) is 10.4. The number of thiophene rings is 1. The summed E-state index contributed by atoms with van der Waals surface area (Å²) >= 11 is 6.78. The fraction of sp³-hybridized carbons (Fsp3) is 0.200. The minimum atomic E-state index is -0.448. The van der Waals surface area contributed by atoms with Gasteiger partial charge in [-0.1, -0.05) is 0 Å². The average molecular weight is 259 g/mol. The molecule has 0 bridgehead atoms. The molecule has 2 amide bonds. The Morgan fingerprint density at radius 3 is 2.81 bits per heavy atom. The summed E-state index contributed by atoms with van der Waals surface area (Å²) in [7, 11) is 0. The third-order valence-electron chi connectivity index (χ3n) is 1.73. The van der Waals surface area contributed by atoms with Crippen LogP contribution in [-0.4, -0.2) is 17.7 Å². The van der Waals surface area contributed by atoms with Crippen molar-refractivity contribution in [3.63, 3.8) is 0 Å². The van der Waals surface area contributed by atoms with Gasteiger partial charge in [-0.25, -0.2) is 0 Å². The molecule has 1 aromatic rings. The SMILES string of the molecule is Cc1ccsc1/C=C/C(=O)NNC(=O)CCl. The fourth-order valence-corrected chi connectivity index (χ4v) is 1.80. The molecular weight excluding hydrogens is 248 g/mol. The zero-order valence-corrected chi connectivity index (χ0v) is 10.2. The minimum absolute atomic E-state index is 0.186. The molecule has 0 atom stereocenters. The molecule has 0 radical (unpaired) electrons. The number of amides is 2. The first-order valence-electron chi connectivity index (χ1n) is 4.50. The van der Waals surface area contributed by atoms with Gasteiger partial charge < -0.3 is 0 Å². The van der Waals surface area contributed by atoms with Crippen LogP contribution in [0, 0.1) is 6.92 Å². The largest absolute Gasteiger partial charge is 0.272 e.